The number of rotatable bonds is 6. The summed E-state index contributed by atoms with van der Waals surface area (Å²) in [6, 6.07) is 2.05. The van der Waals surface area contributed by atoms with Gasteiger partial charge in [-0.1, -0.05) is 33.8 Å². The average molecular weight is 253 g/mol. The van der Waals surface area contributed by atoms with E-state index in [0.717, 1.165) is 19.4 Å². The zero-order valence-electron chi connectivity index (χ0n) is 12.2. The molecule has 0 saturated heterocycles. The molecular formula is C14H27NOSi. The Labute approximate surface area is 108 Å². The van der Waals surface area contributed by atoms with E-state index in [9.17, 15) is 0 Å². The summed E-state index contributed by atoms with van der Waals surface area (Å²) in [5, 5.41) is 8.79. The van der Waals surface area contributed by atoms with Crippen molar-refractivity contribution in [2.75, 3.05) is 6.61 Å². The minimum Gasteiger partial charge on any atom is -0.417 e. The van der Waals surface area contributed by atoms with E-state index in [1.165, 1.54) is 0 Å². The monoisotopic (exact) mass is 253 g/mol. The SMILES string of the molecule is CCC(C=CC#N)CCO[Si](C)(C)C(C)(C)C. The van der Waals surface area contributed by atoms with Crippen LogP contribution in [0.2, 0.25) is 18.1 Å². The van der Waals surface area contributed by atoms with Crippen LogP contribution in [0.1, 0.15) is 40.5 Å². The van der Waals surface area contributed by atoms with Crippen LogP contribution in [-0.2, 0) is 4.43 Å². The van der Waals surface area contributed by atoms with E-state index in [-0.39, 0.29) is 5.04 Å². The van der Waals surface area contributed by atoms with Gasteiger partial charge in [-0.05, 0) is 36.9 Å². The van der Waals surface area contributed by atoms with E-state index >= 15 is 0 Å². The Hall–Kier alpha value is -0.593. The molecule has 0 aromatic heterocycles. The summed E-state index contributed by atoms with van der Waals surface area (Å²) in [4.78, 5) is 0. The molecule has 0 aliphatic rings. The van der Waals surface area contributed by atoms with Crippen molar-refractivity contribution in [1.82, 2.24) is 0 Å². The zero-order chi connectivity index (χ0) is 13.5. The molecule has 0 aliphatic carbocycles. The Morgan fingerprint density at radius 2 is 1.94 bits per heavy atom. The minimum absolute atomic E-state index is 0.275. The first kappa shape index (κ1) is 16.4. The average Bonchev–Trinajstić information content (AvgIpc) is 2.21. The maximum atomic E-state index is 8.51. The summed E-state index contributed by atoms with van der Waals surface area (Å²) >= 11 is 0. The van der Waals surface area contributed by atoms with Crippen molar-refractivity contribution in [2.24, 2.45) is 5.92 Å². The molecule has 1 unspecified atom stereocenters. The predicted molar refractivity (Wildman–Crippen MR) is 76.3 cm³/mol. The molecule has 0 fully saturated rings. The lowest BCUT2D eigenvalue weighted by Gasteiger charge is -2.36. The summed E-state index contributed by atoms with van der Waals surface area (Å²) in [6.45, 7) is 14.3. The van der Waals surface area contributed by atoms with Crippen LogP contribution in [0.3, 0.4) is 0 Å². The van der Waals surface area contributed by atoms with Gasteiger partial charge in [0.2, 0.25) is 0 Å². The third kappa shape index (κ3) is 6.04. The van der Waals surface area contributed by atoms with Gasteiger partial charge in [0.1, 0.15) is 0 Å². The molecule has 0 spiro atoms. The van der Waals surface area contributed by atoms with E-state index in [0.29, 0.717) is 5.92 Å². The highest BCUT2D eigenvalue weighted by Gasteiger charge is 2.36. The highest BCUT2D eigenvalue weighted by atomic mass is 28.4. The molecule has 0 radical (unpaired) electrons. The van der Waals surface area contributed by atoms with Gasteiger partial charge in [-0.2, -0.15) is 5.26 Å². The molecule has 2 nitrogen and oxygen atoms in total. The summed E-state index contributed by atoms with van der Waals surface area (Å²) in [6.07, 6.45) is 5.66. The van der Waals surface area contributed by atoms with Crippen LogP contribution in [-0.4, -0.2) is 14.9 Å². The topological polar surface area (TPSA) is 33.0 Å². The second-order valence-corrected chi connectivity index (χ2v) is 10.9. The lowest BCUT2D eigenvalue weighted by atomic mass is 10.0. The maximum Gasteiger partial charge on any atom is 0.191 e. The van der Waals surface area contributed by atoms with Crippen molar-refractivity contribution in [3.63, 3.8) is 0 Å². The largest absolute Gasteiger partial charge is 0.417 e. The first-order chi connectivity index (χ1) is 7.74. The third-order valence-electron chi connectivity index (χ3n) is 3.73. The Morgan fingerprint density at radius 3 is 2.35 bits per heavy atom. The van der Waals surface area contributed by atoms with Gasteiger partial charge in [0.05, 0.1) is 6.07 Å². The molecule has 3 heteroatoms. The van der Waals surface area contributed by atoms with Crippen LogP contribution in [0.5, 0.6) is 0 Å². The quantitative estimate of drug-likeness (QED) is 0.515. The van der Waals surface area contributed by atoms with E-state index < -0.39 is 8.32 Å². The van der Waals surface area contributed by atoms with Crippen LogP contribution in [0.25, 0.3) is 0 Å². The number of nitriles is 1. The van der Waals surface area contributed by atoms with Gasteiger partial charge >= 0.3 is 0 Å². The van der Waals surface area contributed by atoms with Crippen LogP contribution >= 0.6 is 0 Å². The van der Waals surface area contributed by atoms with Crippen molar-refractivity contribution in [1.29, 1.82) is 5.26 Å². The normalized spacial score (nSPS) is 14.9. The Morgan fingerprint density at radius 1 is 1.35 bits per heavy atom. The standard InChI is InChI=1S/C14H27NOSi/c1-7-13(9-8-11-15)10-12-16-17(5,6)14(2,3)4/h8-9,13H,7,10,12H2,1-6H3. The molecule has 0 amide bonds. The van der Waals surface area contributed by atoms with Gasteiger partial charge in [-0.25, -0.2) is 0 Å². The van der Waals surface area contributed by atoms with E-state index in [1.54, 1.807) is 6.08 Å². The second kappa shape index (κ2) is 6.98. The number of hydrogen-bond donors (Lipinski definition) is 0. The molecule has 0 saturated carbocycles. The number of nitrogens with zero attached hydrogens (tertiary/aromatic N) is 1. The predicted octanol–water partition coefficient (Wildman–Crippen LogP) is 4.50. The van der Waals surface area contributed by atoms with Crippen LogP contribution < -0.4 is 0 Å². The van der Waals surface area contributed by atoms with Gasteiger partial charge in [0, 0.05) is 12.7 Å². The summed E-state index contributed by atoms with van der Waals surface area (Å²) in [5.74, 6) is 0.472. The number of hydrogen-bond acceptors (Lipinski definition) is 2. The van der Waals surface area contributed by atoms with Crippen molar-refractivity contribution >= 4 is 8.32 Å². The molecule has 0 heterocycles. The van der Waals surface area contributed by atoms with Crippen molar-refractivity contribution < 1.29 is 4.43 Å². The molecule has 0 N–H and O–H groups in total. The van der Waals surface area contributed by atoms with Crippen molar-refractivity contribution in [3.05, 3.63) is 12.2 Å². The van der Waals surface area contributed by atoms with Crippen molar-refractivity contribution in [3.8, 4) is 6.07 Å². The maximum absolute atomic E-state index is 8.51. The fourth-order valence-corrected chi connectivity index (χ4v) is 2.36. The first-order valence-electron chi connectivity index (χ1n) is 6.45. The fourth-order valence-electron chi connectivity index (χ4n) is 1.30. The van der Waals surface area contributed by atoms with Crippen LogP contribution in [0.4, 0.5) is 0 Å². The molecular weight excluding hydrogens is 226 g/mol. The Balaban J connectivity index is 4.14. The van der Waals surface area contributed by atoms with Crippen LogP contribution in [0.15, 0.2) is 12.2 Å². The zero-order valence-corrected chi connectivity index (χ0v) is 13.2. The van der Waals surface area contributed by atoms with Gasteiger partial charge < -0.3 is 4.43 Å². The lowest BCUT2D eigenvalue weighted by Crippen LogP contribution is -2.41. The first-order valence-corrected chi connectivity index (χ1v) is 9.35. The van der Waals surface area contributed by atoms with Gasteiger partial charge in [0.15, 0.2) is 8.32 Å². The second-order valence-electron chi connectivity index (χ2n) is 6.05. The molecule has 0 aliphatic heterocycles. The molecule has 0 bridgehead atoms. The minimum atomic E-state index is -1.60. The molecule has 0 aromatic carbocycles. The molecule has 0 rings (SSSR count). The molecule has 1 atom stereocenters. The van der Waals surface area contributed by atoms with Gasteiger partial charge in [-0.15, -0.1) is 0 Å². The van der Waals surface area contributed by atoms with Crippen LogP contribution in [0, 0.1) is 17.2 Å². The van der Waals surface area contributed by atoms with Gasteiger partial charge in [-0.3, -0.25) is 0 Å². The van der Waals surface area contributed by atoms with Crippen molar-refractivity contribution in [2.45, 2.75) is 58.7 Å². The Bertz CT molecular complexity index is 284. The summed E-state index contributed by atoms with van der Waals surface area (Å²) in [7, 11) is -1.60. The fraction of sp³-hybridized carbons (Fsp3) is 0.786. The molecule has 0 aromatic rings. The highest BCUT2D eigenvalue weighted by molar-refractivity contribution is 6.74. The summed E-state index contributed by atoms with van der Waals surface area (Å²) in [5.41, 5.74) is 0. The molecule has 17 heavy (non-hydrogen) atoms. The van der Waals surface area contributed by atoms with E-state index in [1.807, 2.05) is 6.08 Å². The highest BCUT2D eigenvalue weighted by Crippen LogP contribution is 2.36. The van der Waals surface area contributed by atoms with E-state index in [4.69, 9.17) is 9.69 Å². The Kier molecular flexibility index (Phi) is 6.73. The number of allylic oxidation sites excluding steroid dienone is 2. The molecule has 98 valence electrons. The smallest absolute Gasteiger partial charge is 0.191 e. The van der Waals surface area contributed by atoms with Gasteiger partial charge in [0.25, 0.3) is 0 Å². The summed E-state index contributed by atoms with van der Waals surface area (Å²) < 4.78 is 6.13. The lowest BCUT2D eigenvalue weighted by molar-refractivity contribution is 0.265. The third-order valence-corrected chi connectivity index (χ3v) is 8.26. The van der Waals surface area contributed by atoms with E-state index in [2.05, 4.69) is 46.9 Å².